The second-order valence-electron chi connectivity index (χ2n) is 9.90. The molecule has 1 aromatic rings. The molecule has 1 aromatic heterocycles. The average molecular weight is 353 g/mol. The number of aliphatic hydroxyl groups is 1. The number of nitrogens with zero attached hydrogens (tertiary/aromatic N) is 1. The van der Waals surface area contributed by atoms with Crippen LogP contribution >= 0.6 is 0 Å². The lowest BCUT2D eigenvalue weighted by molar-refractivity contribution is -0.0426. The second kappa shape index (κ2) is 5.58. The van der Waals surface area contributed by atoms with Gasteiger partial charge in [-0.25, -0.2) is 4.98 Å². The van der Waals surface area contributed by atoms with E-state index in [0.29, 0.717) is 11.3 Å². The van der Waals surface area contributed by atoms with Crippen LogP contribution in [0.2, 0.25) is 0 Å². The molecule has 0 radical (unpaired) electrons. The zero-order valence-corrected chi connectivity index (χ0v) is 16.3. The maximum Gasteiger partial charge on any atom is 0.133 e. The fourth-order valence-electron chi connectivity index (χ4n) is 7.35. The Kier molecular flexibility index (Phi) is 3.60. The molecule has 26 heavy (non-hydrogen) atoms. The van der Waals surface area contributed by atoms with E-state index in [4.69, 9.17) is 0 Å². The highest BCUT2D eigenvalue weighted by Gasteiger charge is 2.58. The van der Waals surface area contributed by atoms with Gasteiger partial charge in [-0.15, -0.1) is 0 Å². The lowest BCUT2D eigenvalue weighted by Gasteiger charge is -2.59. The van der Waals surface area contributed by atoms with Gasteiger partial charge in [0.2, 0.25) is 0 Å². The van der Waals surface area contributed by atoms with Gasteiger partial charge in [0.1, 0.15) is 5.82 Å². The van der Waals surface area contributed by atoms with Gasteiger partial charge in [-0.05, 0) is 78.6 Å². The number of hydrogen-bond donors (Lipinski definition) is 2. The summed E-state index contributed by atoms with van der Waals surface area (Å²) in [5.74, 6) is 3.94. The molecule has 0 aliphatic heterocycles. The summed E-state index contributed by atoms with van der Waals surface area (Å²) in [6.45, 7) is 7.43. The molecule has 1 heterocycles. The number of allylic oxidation sites excluding steroid dienone is 3. The molecule has 0 bridgehead atoms. The molecule has 4 aliphatic rings. The highest BCUT2D eigenvalue weighted by molar-refractivity contribution is 5.68. The summed E-state index contributed by atoms with van der Waals surface area (Å²) in [4.78, 5) is 7.94. The van der Waals surface area contributed by atoms with E-state index < -0.39 is 0 Å². The third-order valence-electron chi connectivity index (χ3n) is 8.74. The predicted octanol–water partition coefficient (Wildman–Crippen LogP) is 4.97. The molecule has 0 aromatic carbocycles. The fraction of sp³-hybridized carbons (Fsp3) is 0.696. The molecule has 0 saturated heterocycles. The molecule has 4 aliphatic carbocycles. The van der Waals surface area contributed by atoms with Crippen LogP contribution < -0.4 is 0 Å². The van der Waals surface area contributed by atoms with E-state index in [0.717, 1.165) is 42.8 Å². The minimum Gasteiger partial charge on any atom is -0.393 e. The minimum atomic E-state index is -0.120. The van der Waals surface area contributed by atoms with Crippen molar-refractivity contribution in [2.75, 3.05) is 0 Å². The van der Waals surface area contributed by atoms with Crippen LogP contribution in [-0.4, -0.2) is 21.2 Å². The number of imidazole rings is 1. The Morgan fingerprint density at radius 3 is 2.73 bits per heavy atom. The monoisotopic (exact) mass is 352 g/mol. The summed E-state index contributed by atoms with van der Waals surface area (Å²) >= 11 is 0. The molecule has 7 atom stereocenters. The number of fused-ring (bicyclic) bond motifs is 5. The van der Waals surface area contributed by atoms with Crippen LogP contribution in [-0.2, 0) is 0 Å². The highest BCUT2D eigenvalue weighted by atomic mass is 16.3. The first-order valence-corrected chi connectivity index (χ1v) is 10.5. The smallest absolute Gasteiger partial charge is 0.133 e. The van der Waals surface area contributed by atoms with E-state index in [-0.39, 0.29) is 11.5 Å². The summed E-state index contributed by atoms with van der Waals surface area (Å²) in [7, 11) is 0. The van der Waals surface area contributed by atoms with Crippen molar-refractivity contribution in [1.29, 1.82) is 0 Å². The van der Waals surface area contributed by atoms with Gasteiger partial charge in [-0.1, -0.05) is 38.5 Å². The van der Waals surface area contributed by atoms with Crippen LogP contribution in [0.15, 0.2) is 30.1 Å². The Bertz CT molecular complexity index is 763. The predicted molar refractivity (Wildman–Crippen MR) is 104 cm³/mol. The van der Waals surface area contributed by atoms with E-state index in [1.54, 1.807) is 5.57 Å². The summed E-state index contributed by atoms with van der Waals surface area (Å²) < 4.78 is 0. The Morgan fingerprint density at radius 1 is 1.15 bits per heavy atom. The molecule has 2 N–H and O–H groups in total. The first-order valence-electron chi connectivity index (χ1n) is 10.5. The van der Waals surface area contributed by atoms with Crippen LogP contribution in [0.25, 0.3) is 5.57 Å². The summed E-state index contributed by atoms with van der Waals surface area (Å²) in [5.41, 5.74) is 3.58. The number of aromatic amines is 1. The topological polar surface area (TPSA) is 48.9 Å². The number of nitrogens with one attached hydrogen (secondary N) is 1. The zero-order chi connectivity index (χ0) is 18.1. The quantitative estimate of drug-likeness (QED) is 0.701. The minimum absolute atomic E-state index is 0.120. The normalized spacial score (nSPS) is 47.5. The molecule has 2 fully saturated rings. The highest BCUT2D eigenvalue weighted by Crippen LogP contribution is 2.67. The Labute approximate surface area is 157 Å². The summed E-state index contributed by atoms with van der Waals surface area (Å²) in [5, 5.41) is 10.2. The van der Waals surface area contributed by atoms with Gasteiger partial charge in [-0.2, -0.15) is 0 Å². The van der Waals surface area contributed by atoms with Crippen LogP contribution in [0.4, 0.5) is 0 Å². The largest absolute Gasteiger partial charge is 0.393 e. The SMILES string of the molecule is CC1C=C2CC(O)CC[C@]2(C)[C@@H]2CC[C@]3(C)C(c4ncc[nH]4)=CC[C@H]3[C@H]12. The van der Waals surface area contributed by atoms with Gasteiger partial charge < -0.3 is 10.1 Å². The fourth-order valence-corrected chi connectivity index (χ4v) is 7.35. The van der Waals surface area contributed by atoms with E-state index in [9.17, 15) is 5.11 Å². The Hall–Kier alpha value is -1.35. The van der Waals surface area contributed by atoms with Gasteiger partial charge in [0.25, 0.3) is 0 Å². The van der Waals surface area contributed by atoms with E-state index >= 15 is 0 Å². The van der Waals surface area contributed by atoms with Crippen molar-refractivity contribution < 1.29 is 5.11 Å². The van der Waals surface area contributed by atoms with Crippen molar-refractivity contribution in [2.24, 2.45) is 34.5 Å². The van der Waals surface area contributed by atoms with Gasteiger partial charge in [-0.3, -0.25) is 0 Å². The van der Waals surface area contributed by atoms with Crippen molar-refractivity contribution in [3.8, 4) is 0 Å². The maximum atomic E-state index is 10.2. The van der Waals surface area contributed by atoms with Crippen molar-refractivity contribution in [3.63, 3.8) is 0 Å². The zero-order valence-electron chi connectivity index (χ0n) is 16.3. The summed E-state index contributed by atoms with van der Waals surface area (Å²) in [6.07, 6.45) is 15.6. The first kappa shape index (κ1) is 16.8. The Balaban J connectivity index is 1.52. The number of rotatable bonds is 1. The molecule has 3 nitrogen and oxygen atoms in total. The van der Waals surface area contributed by atoms with Crippen molar-refractivity contribution in [2.45, 2.75) is 65.4 Å². The third kappa shape index (κ3) is 2.13. The van der Waals surface area contributed by atoms with Gasteiger partial charge in [0, 0.05) is 12.4 Å². The Morgan fingerprint density at radius 2 is 1.96 bits per heavy atom. The number of H-pyrrole nitrogens is 1. The summed E-state index contributed by atoms with van der Waals surface area (Å²) in [6, 6.07) is 0. The molecular weight excluding hydrogens is 320 g/mol. The van der Waals surface area contributed by atoms with Crippen LogP contribution in [0.3, 0.4) is 0 Å². The second-order valence-corrected chi connectivity index (χ2v) is 9.90. The maximum absolute atomic E-state index is 10.2. The molecule has 0 spiro atoms. The molecule has 3 heteroatoms. The van der Waals surface area contributed by atoms with Crippen LogP contribution in [0.5, 0.6) is 0 Å². The van der Waals surface area contributed by atoms with Crippen LogP contribution in [0, 0.1) is 34.5 Å². The van der Waals surface area contributed by atoms with E-state index in [2.05, 4.69) is 42.9 Å². The van der Waals surface area contributed by atoms with Gasteiger partial charge in [0.05, 0.1) is 6.10 Å². The van der Waals surface area contributed by atoms with Crippen LogP contribution in [0.1, 0.15) is 65.1 Å². The van der Waals surface area contributed by atoms with E-state index in [1.807, 2.05) is 12.4 Å². The molecule has 0 amide bonds. The first-order chi connectivity index (χ1) is 12.4. The van der Waals surface area contributed by atoms with Crippen molar-refractivity contribution in [3.05, 3.63) is 35.9 Å². The van der Waals surface area contributed by atoms with E-state index in [1.165, 1.54) is 24.8 Å². The van der Waals surface area contributed by atoms with Crippen molar-refractivity contribution in [1.82, 2.24) is 9.97 Å². The number of aromatic nitrogens is 2. The average Bonchev–Trinajstić information content (AvgIpc) is 3.23. The van der Waals surface area contributed by atoms with Gasteiger partial charge in [0.15, 0.2) is 0 Å². The third-order valence-corrected chi connectivity index (χ3v) is 8.74. The molecule has 140 valence electrons. The van der Waals surface area contributed by atoms with Crippen molar-refractivity contribution >= 4 is 5.57 Å². The molecule has 5 rings (SSSR count). The number of aliphatic hydroxyl groups excluding tert-OH is 1. The standard InChI is InChI=1S/C23H32N2O/c1-14-12-15-13-16(26)6-8-22(15,2)18-7-9-23(3)17(20(14)18)4-5-19(23)21-24-10-11-25-21/h5,10-12,14,16-18,20,26H,4,6-9,13H2,1-3H3,(H,24,25)/t14?,16?,17-,18+,20-,22-,23-/m0/s1. The molecular formula is C23H32N2O. The molecule has 2 saturated carbocycles. The lowest BCUT2D eigenvalue weighted by atomic mass is 9.45. The van der Waals surface area contributed by atoms with Gasteiger partial charge >= 0.3 is 0 Å². The molecule has 2 unspecified atom stereocenters. The number of hydrogen-bond acceptors (Lipinski definition) is 2. The lowest BCUT2D eigenvalue weighted by Crippen LogP contribution is -2.52.